The molecule has 0 fully saturated rings. The van der Waals surface area contributed by atoms with Gasteiger partial charge in [-0.2, -0.15) is 13.2 Å². The Morgan fingerprint density at radius 2 is 2.07 bits per heavy atom. The predicted octanol–water partition coefficient (Wildman–Crippen LogP) is 2.61. The molecule has 0 saturated carbocycles. The van der Waals surface area contributed by atoms with E-state index >= 15 is 0 Å². The maximum Gasteiger partial charge on any atom is 0.407 e. The average molecular weight is 225 g/mol. The molecule has 1 unspecified atom stereocenters. The second-order valence-electron chi connectivity index (χ2n) is 2.90. The van der Waals surface area contributed by atoms with Gasteiger partial charge < -0.3 is 5.73 Å². The second kappa shape index (κ2) is 3.74. The Balaban J connectivity index is 3.03. The first-order valence-electron chi connectivity index (χ1n) is 3.76. The minimum atomic E-state index is -4.46. The van der Waals surface area contributed by atoms with Gasteiger partial charge in [-0.25, -0.2) is 4.98 Å². The summed E-state index contributed by atoms with van der Waals surface area (Å²) >= 11 is 5.57. The molecule has 1 aromatic rings. The molecule has 1 heterocycles. The summed E-state index contributed by atoms with van der Waals surface area (Å²) in [6, 6.07) is -0.723. The van der Waals surface area contributed by atoms with Gasteiger partial charge in [0.15, 0.2) is 0 Å². The summed E-state index contributed by atoms with van der Waals surface area (Å²) in [6.07, 6.45) is -3.42. The second-order valence-corrected chi connectivity index (χ2v) is 3.25. The van der Waals surface area contributed by atoms with Gasteiger partial charge in [-0.15, -0.1) is 0 Å². The van der Waals surface area contributed by atoms with Gasteiger partial charge in [0.05, 0.1) is 0 Å². The Labute approximate surface area is 83.9 Å². The topological polar surface area (TPSA) is 38.9 Å². The van der Waals surface area contributed by atoms with Crippen molar-refractivity contribution in [2.45, 2.75) is 19.1 Å². The predicted molar refractivity (Wildman–Crippen MR) is 47.0 cm³/mol. The summed E-state index contributed by atoms with van der Waals surface area (Å²) in [6.45, 7) is 1.57. The molecule has 1 rings (SSSR count). The highest BCUT2D eigenvalue weighted by atomic mass is 35.5. The van der Waals surface area contributed by atoms with Crippen molar-refractivity contribution in [1.29, 1.82) is 0 Å². The van der Waals surface area contributed by atoms with Crippen molar-refractivity contribution in [3.05, 3.63) is 28.5 Å². The molecule has 0 bridgehead atoms. The highest BCUT2D eigenvalue weighted by Gasteiger charge is 2.38. The van der Waals surface area contributed by atoms with Crippen LogP contribution in [0.15, 0.2) is 12.3 Å². The maximum atomic E-state index is 12.2. The van der Waals surface area contributed by atoms with Crippen LogP contribution in [0.3, 0.4) is 0 Å². The molecule has 0 aliphatic heterocycles. The molecule has 2 nitrogen and oxygen atoms in total. The van der Waals surface area contributed by atoms with E-state index in [9.17, 15) is 13.2 Å². The number of nitrogens with zero attached hydrogens (tertiary/aromatic N) is 1. The number of aryl methyl sites for hydroxylation is 1. The van der Waals surface area contributed by atoms with Gasteiger partial charge in [0.25, 0.3) is 0 Å². The van der Waals surface area contributed by atoms with Crippen molar-refractivity contribution in [1.82, 2.24) is 4.98 Å². The quantitative estimate of drug-likeness (QED) is 0.745. The van der Waals surface area contributed by atoms with Crippen molar-refractivity contribution in [3.63, 3.8) is 0 Å². The van der Waals surface area contributed by atoms with Crippen LogP contribution < -0.4 is 5.73 Å². The highest BCUT2D eigenvalue weighted by Crippen LogP contribution is 2.30. The SMILES string of the molecule is Cc1cc(C(N)C(F)(F)F)cnc1Cl. The normalized spacial score (nSPS) is 14.1. The molecule has 0 aliphatic carbocycles. The number of pyridine rings is 1. The van der Waals surface area contributed by atoms with Crippen LogP contribution in [-0.4, -0.2) is 11.2 Å². The van der Waals surface area contributed by atoms with Crippen LogP contribution in [0.2, 0.25) is 5.15 Å². The van der Waals surface area contributed by atoms with Crippen LogP contribution in [0.1, 0.15) is 17.2 Å². The number of aromatic nitrogens is 1. The Morgan fingerprint density at radius 3 is 2.50 bits per heavy atom. The summed E-state index contributed by atoms with van der Waals surface area (Å²) < 4.78 is 36.5. The summed E-state index contributed by atoms with van der Waals surface area (Å²) in [5.74, 6) is 0. The average Bonchev–Trinajstić information content (AvgIpc) is 2.07. The van der Waals surface area contributed by atoms with Crippen LogP contribution >= 0.6 is 11.6 Å². The van der Waals surface area contributed by atoms with Crippen molar-refractivity contribution in [3.8, 4) is 0 Å². The zero-order chi connectivity index (χ0) is 10.9. The zero-order valence-electron chi connectivity index (χ0n) is 7.27. The van der Waals surface area contributed by atoms with Crippen LogP contribution in [0.4, 0.5) is 13.2 Å². The van der Waals surface area contributed by atoms with E-state index in [2.05, 4.69) is 4.98 Å². The number of hydrogen-bond donors (Lipinski definition) is 1. The lowest BCUT2D eigenvalue weighted by Gasteiger charge is -2.15. The van der Waals surface area contributed by atoms with E-state index in [1.54, 1.807) is 6.92 Å². The van der Waals surface area contributed by atoms with Crippen LogP contribution in [-0.2, 0) is 0 Å². The third kappa shape index (κ3) is 2.36. The maximum absolute atomic E-state index is 12.2. The molecule has 0 aromatic carbocycles. The van der Waals surface area contributed by atoms with Gasteiger partial charge in [-0.1, -0.05) is 11.6 Å². The largest absolute Gasteiger partial charge is 0.407 e. The van der Waals surface area contributed by atoms with Gasteiger partial charge in [0.1, 0.15) is 11.2 Å². The van der Waals surface area contributed by atoms with E-state index in [1.165, 1.54) is 6.07 Å². The molecular formula is C8H8ClF3N2. The molecule has 1 atom stereocenters. The molecule has 0 radical (unpaired) electrons. The fourth-order valence-corrected chi connectivity index (χ4v) is 1.04. The summed E-state index contributed by atoms with van der Waals surface area (Å²) in [5.41, 5.74) is 5.37. The molecule has 0 spiro atoms. The number of halogens is 4. The fourth-order valence-electron chi connectivity index (χ4n) is 0.939. The molecular weight excluding hydrogens is 217 g/mol. The van der Waals surface area contributed by atoms with Crippen molar-refractivity contribution < 1.29 is 13.2 Å². The number of hydrogen-bond acceptors (Lipinski definition) is 2. The lowest BCUT2D eigenvalue weighted by atomic mass is 10.1. The Hall–Kier alpha value is -0.810. The molecule has 2 N–H and O–H groups in total. The molecule has 1 aromatic heterocycles. The molecule has 0 aliphatic rings. The zero-order valence-corrected chi connectivity index (χ0v) is 8.02. The molecule has 14 heavy (non-hydrogen) atoms. The number of rotatable bonds is 1. The summed E-state index contributed by atoms with van der Waals surface area (Å²) in [4.78, 5) is 3.60. The van der Waals surface area contributed by atoms with Gasteiger partial charge >= 0.3 is 6.18 Å². The first-order valence-corrected chi connectivity index (χ1v) is 4.14. The minimum absolute atomic E-state index is 0.0839. The van der Waals surface area contributed by atoms with Crippen LogP contribution in [0, 0.1) is 6.92 Å². The first-order chi connectivity index (χ1) is 6.32. The lowest BCUT2D eigenvalue weighted by Crippen LogP contribution is -2.28. The molecule has 6 heteroatoms. The Morgan fingerprint density at radius 1 is 1.50 bits per heavy atom. The van der Waals surface area contributed by atoms with Gasteiger partial charge in [0, 0.05) is 6.20 Å². The van der Waals surface area contributed by atoms with E-state index in [4.69, 9.17) is 17.3 Å². The van der Waals surface area contributed by atoms with E-state index in [-0.39, 0.29) is 10.7 Å². The first kappa shape index (κ1) is 11.3. The van der Waals surface area contributed by atoms with Crippen molar-refractivity contribution in [2.75, 3.05) is 0 Å². The van der Waals surface area contributed by atoms with E-state index in [0.29, 0.717) is 5.56 Å². The van der Waals surface area contributed by atoms with Crippen LogP contribution in [0.5, 0.6) is 0 Å². The summed E-state index contributed by atoms with van der Waals surface area (Å²) in [7, 11) is 0. The third-order valence-corrected chi connectivity index (χ3v) is 2.14. The van der Waals surface area contributed by atoms with Gasteiger partial charge in [0.2, 0.25) is 0 Å². The fraction of sp³-hybridized carbons (Fsp3) is 0.375. The van der Waals surface area contributed by atoms with Crippen molar-refractivity contribution >= 4 is 11.6 Å². The minimum Gasteiger partial charge on any atom is -0.316 e. The van der Waals surface area contributed by atoms with Crippen molar-refractivity contribution in [2.24, 2.45) is 5.73 Å². The van der Waals surface area contributed by atoms with E-state index in [1.807, 2.05) is 0 Å². The monoisotopic (exact) mass is 224 g/mol. The van der Waals surface area contributed by atoms with Crippen LogP contribution in [0.25, 0.3) is 0 Å². The molecule has 0 saturated heterocycles. The Kier molecular flexibility index (Phi) is 3.01. The third-order valence-electron chi connectivity index (χ3n) is 1.75. The smallest absolute Gasteiger partial charge is 0.316 e. The highest BCUT2D eigenvalue weighted by molar-refractivity contribution is 6.30. The van der Waals surface area contributed by atoms with Gasteiger partial charge in [-0.3, -0.25) is 0 Å². The van der Waals surface area contributed by atoms with E-state index < -0.39 is 12.2 Å². The molecule has 78 valence electrons. The van der Waals surface area contributed by atoms with Gasteiger partial charge in [-0.05, 0) is 24.1 Å². The standard InChI is InChI=1S/C8H8ClF3N2/c1-4-2-5(3-14-7(4)9)6(13)8(10,11)12/h2-3,6H,13H2,1H3. The number of alkyl halides is 3. The number of nitrogens with two attached hydrogens (primary N) is 1. The Bertz CT molecular complexity index is 338. The molecule has 0 amide bonds. The lowest BCUT2D eigenvalue weighted by molar-refractivity contribution is -0.149. The summed E-state index contributed by atoms with van der Waals surface area (Å²) in [5, 5.41) is 0.183. The van der Waals surface area contributed by atoms with E-state index in [0.717, 1.165) is 6.20 Å².